The third-order valence-electron chi connectivity index (χ3n) is 5.40. The molecular weight excluding hydrogens is 360 g/mol. The summed E-state index contributed by atoms with van der Waals surface area (Å²) >= 11 is 0. The first kappa shape index (κ1) is 18.0. The van der Waals surface area contributed by atoms with E-state index in [1.807, 2.05) is 6.07 Å². The Morgan fingerprint density at radius 1 is 1.14 bits per heavy atom. The Hall–Kier alpha value is -3.42. The summed E-state index contributed by atoms with van der Waals surface area (Å²) in [7, 11) is 2.91. The summed E-state index contributed by atoms with van der Waals surface area (Å²) in [6, 6.07) is 8.21. The molecule has 28 heavy (non-hydrogen) atoms. The zero-order valence-corrected chi connectivity index (χ0v) is 15.8. The minimum atomic E-state index is -0.510. The summed E-state index contributed by atoms with van der Waals surface area (Å²) in [5, 5.41) is 10.6. The number of rotatable bonds is 1. The number of hydrogen-bond donors (Lipinski definition) is 1. The molecule has 0 saturated heterocycles. The second-order valence-electron chi connectivity index (χ2n) is 7.13. The van der Waals surface area contributed by atoms with E-state index in [0.29, 0.717) is 12.2 Å². The van der Waals surface area contributed by atoms with E-state index in [9.17, 15) is 19.5 Å². The number of phenols is 1. The molecule has 3 heterocycles. The van der Waals surface area contributed by atoms with Crippen molar-refractivity contribution in [3.8, 4) is 5.75 Å². The Balaban J connectivity index is 1.86. The molecule has 0 spiro atoms. The van der Waals surface area contributed by atoms with E-state index < -0.39 is 11.2 Å². The molecule has 1 atom stereocenters. The first-order valence-corrected chi connectivity index (χ1v) is 9.01. The lowest BCUT2D eigenvalue weighted by atomic mass is 9.91. The van der Waals surface area contributed by atoms with Gasteiger partial charge in [-0.1, -0.05) is 19.1 Å². The minimum absolute atomic E-state index is 0.0412. The lowest BCUT2D eigenvalue weighted by Crippen LogP contribution is -2.39. The van der Waals surface area contributed by atoms with Crippen LogP contribution in [-0.2, 0) is 14.1 Å². The van der Waals surface area contributed by atoms with Crippen molar-refractivity contribution >= 4 is 22.6 Å². The van der Waals surface area contributed by atoms with Crippen molar-refractivity contribution in [2.45, 2.75) is 19.3 Å². The summed E-state index contributed by atoms with van der Waals surface area (Å²) in [5.74, 6) is -0.122. The molecule has 0 fully saturated rings. The SMILES string of the molecule is C[C@H]1CCN(C(=O)c2ccc3c(=O)n(C)c(=O)n(C)c3n2)c2c(O)cccc21. The van der Waals surface area contributed by atoms with E-state index >= 15 is 0 Å². The van der Waals surface area contributed by atoms with Gasteiger partial charge in [0.2, 0.25) is 0 Å². The Morgan fingerprint density at radius 2 is 1.89 bits per heavy atom. The van der Waals surface area contributed by atoms with Crippen molar-refractivity contribution < 1.29 is 9.90 Å². The number of benzene rings is 1. The number of para-hydroxylation sites is 1. The van der Waals surface area contributed by atoms with E-state index in [0.717, 1.165) is 16.6 Å². The van der Waals surface area contributed by atoms with Gasteiger partial charge in [0.05, 0.1) is 11.1 Å². The number of hydrogen-bond acceptors (Lipinski definition) is 5. The zero-order chi connectivity index (χ0) is 20.2. The number of carbonyl (C=O) groups is 1. The Bertz CT molecular complexity index is 1240. The van der Waals surface area contributed by atoms with E-state index in [1.54, 1.807) is 12.1 Å². The van der Waals surface area contributed by atoms with Crippen LogP contribution in [0.1, 0.15) is 35.3 Å². The molecule has 0 bridgehead atoms. The maximum absolute atomic E-state index is 13.2. The van der Waals surface area contributed by atoms with Gasteiger partial charge in [0.25, 0.3) is 11.5 Å². The number of aromatic nitrogens is 3. The van der Waals surface area contributed by atoms with Gasteiger partial charge in [-0.05, 0) is 36.1 Å². The van der Waals surface area contributed by atoms with Crippen LogP contribution < -0.4 is 16.1 Å². The second-order valence-corrected chi connectivity index (χ2v) is 7.13. The maximum Gasteiger partial charge on any atom is 0.332 e. The quantitative estimate of drug-likeness (QED) is 0.690. The van der Waals surface area contributed by atoms with Crippen LogP contribution in [0.2, 0.25) is 0 Å². The topological polar surface area (TPSA) is 97.4 Å². The van der Waals surface area contributed by atoms with Gasteiger partial charge in [-0.15, -0.1) is 0 Å². The van der Waals surface area contributed by atoms with Crippen LogP contribution in [0, 0.1) is 0 Å². The van der Waals surface area contributed by atoms with Crippen LogP contribution in [0.3, 0.4) is 0 Å². The molecule has 0 radical (unpaired) electrons. The number of aromatic hydroxyl groups is 1. The van der Waals surface area contributed by atoms with Gasteiger partial charge < -0.3 is 10.0 Å². The van der Waals surface area contributed by atoms with Crippen LogP contribution in [0.15, 0.2) is 39.9 Å². The zero-order valence-electron chi connectivity index (χ0n) is 15.8. The minimum Gasteiger partial charge on any atom is -0.506 e. The highest BCUT2D eigenvalue weighted by Crippen LogP contribution is 2.41. The number of anilines is 1. The maximum atomic E-state index is 13.2. The molecule has 3 aromatic rings. The van der Waals surface area contributed by atoms with E-state index in [2.05, 4.69) is 11.9 Å². The molecule has 1 amide bonds. The van der Waals surface area contributed by atoms with Gasteiger partial charge in [-0.3, -0.25) is 18.7 Å². The lowest BCUT2D eigenvalue weighted by molar-refractivity contribution is 0.0979. The largest absolute Gasteiger partial charge is 0.506 e. The van der Waals surface area contributed by atoms with Gasteiger partial charge in [0.15, 0.2) is 0 Å². The normalized spacial score (nSPS) is 16.2. The number of fused-ring (bicyclic) bond motifs is 2. The van der Waals surface area contributed by atoms with Crippen LogP contribution in [0.25, 0.3) is 11.0 Å². The smallest absolute Gasteiger partial charge is 0.332 e. The third-order valence-corrected chi connectivity index (χ3v) is 5.40. The van der Waals surface area contributed by atoms with Gasteiger partial charge in [0, 0.05) is 20.6 Å². The van der Waals surface area contributed by atoms with Crippen LogP contribution in [0.5, 0.6) is 5.75 Å². The van der Waals surface area contributed by atoms with Crippen molar-refractivity contribution in [2.24, 2.45) is 14.1 Å². The molecule has 144 valence electrons. The fourth-order valence-corrected chi connectivity index (χ4v) is 3.75. The van der Waals surface area contributed by atoms with Gasteiger partial charge in [-0.25, -0.2) is 9.78 Å². The molecule has 8 heteroatoms. The number of nitrogens with zero attached hydrogens (tertiary/aromatic N) is 4. The van der Waals surface area contributed by atoms with E-state index in [1.165, 1.54) is 35.7 Å². The highest BCUT2D eigenvalue weighted by molar-refractivity contribution is 6.07. The highest BCUT2D eigenvalue weighted by atomic mass is 16.3. The highest BCUT2D eigenvalue weighted by Gasteiger charge is 2.30. The summed E-state index contributed by atoms with van der Waals surface area (Å²) < 4.78 is 2.25. The van der Waals surface area contributed by atoms with Crippen molar-refractivity contribution in [1.29, 1.82) is 0 Å². The fraction of sp³-hybridized carbons (Fsp3) is 0.300. The van der Waals surface area contributed by atoms with Crippen LogP contribution in [-0.4, -0.2) is 31.7 Å². The lowest BCUT2D eigenvalue weighted by Gasteiger charge is -2.33. The summed E-state index contributed by atoms with van der Waals surface area (Å²) in [5.41, 5.74) is 0.692. The molecule has 1 aliphatic rings. The molecule has 0 saturated carbocycles. The van der Waals surface area contributed by atoms with Crippen molar-refractivity contribution in [3.63, 3.8) is 0 Å². The molecule has 2 aromatic heterocycles. The number of carbonyl (C=O) groups excluding carboxylic acids is 1. The van der Waals surface area contributed by atoms with Crippen molar-refractivity contribution in [3.05, 3.63) is 62.4 Å². The number of phenolic OH excluding ortho intramolecular Hbond substituents is 1. The first-order valence-electron chi connectivity index (χ1n) is 9.01. The molecule has 1 N–H and O–H groups in total. The Kier molecular flexibility index (Phi) is 4.06. The van der Waals surface area contributed by atoms with Crippen LogP contribution >= 0.6 is 0 Å². The summed E-state index contributed by atoms with van der Waals surface area (Å²) in [6.45, 7) is 2.50. The van der Waals surface area contributed by atoms with Crippen LogP contribution in [0.4, 0.5) is 5.69 Å². The molecule has 1 aromatic carbocycles. The first-order chi connectivity index (χ1) is 13.3. The predicted molar refractivity (Wildman–Crippen MR) is 105 cm³/mol. The predicted octanol–water partition coefficient (Wildman–Crippen LogP) is 1.49. The second kappa shape index (κ2) is 6.33. The van der Waals surface area contributed by atoms with Gasteiger partial charge in [-0.2, -0.15) is 0 Å². The molecule has 4 rings (SSSR count). The van der Waals surface area contributed by atoms with Gasteiger partial charge >= 0.3 is 5.69 Å². The monoisotopic (exact) mass is 380 g/mol. The number of pyridine rings is 1. The summed E-state index contributed by atoms with van der Waals surface area (Å²) in [6.07, 6.45) is 0.759. The number of amides is 1. The van der Waals surface area contributed by atoms with Crippen molar-refractivity contribution in [1.82, 2.24) is 14.1 Å². The van der Waals surface area contributed by atoms with E-state index in [4.69, 9.17) is 0 Å². The molecule has 0 aliphatic carbocycles. The van der Waals surface area contributed by atoms with Crippen molar-refractivity contribution in [2.75, 3.05) is 11.4 Å². The summed E-state index contributed by atoms with van der Waals surface area (Å²) in [4.78, 5) is 43.5. The molecule has 0 unspecified atom stereocenters. The number of aryl methyl sites for hydroxylation is 1. The average molecular weight is 380 g/mol. The molecule has 1 aliphatic heterocycles. The third kappa shape index (κ3) is 2.52. The molecular formula is C20H20N4O4. The Morgan fingerprint density at radius 3 is 2.64 bits per heavy atom. The fourth-order valence-electron chi connectivity index (χ4n) is 3.75. The average Bonchev–Trinajstić information content (AvgIpc) is 2.70. The Labute approximate surface area is 160 Å². The molecule has 8 nitrogen and oxygen atoms in total. The standard InChI is InChI=1S/C20H20N4O4/c1-11-9-10-24(16-12(11)5-4-6-15(16)25)19(27)14-8-7-13-17(21-14)22(2)20(28)23(3)18(13)26/h4-8,11,25H,9-10H2,1-3H3/t11-/m0/s1. The van der Waals surface area contributed by atoms with E-state index in [-0.39, 0.29) is 34.3 Å². The van der Waals surface area contributed by atoms with Gasteiger partial charge in [0.1, 0.15) is 17.1 Å².